The summed E-state index contributed by atoms with van der Waals surface area (Å²) in [5.74, 6) is -0.448. The van der Waals surface area contributed by atoms with Crippen molar-refractivity contribution < 1.29 is 14.4 Å². The molecular formula is C14H22BFN2O2. The van der Waals surface area contributed by atoms with Crippen LogP contribution in [0, 0.1) is 5.82 Å². The summed E-state index contributed by atoms with van der Waals surface area (Å²) in [6.45, 7) is 4.87. The van der Waals surface area contributed by atoms with E-state index in [1.54, 1.807) is 6.07 Å². The van der Waals surface area contributed by atoms with Gasteiger partial charge in [-0.3, -0.25) is 0 Å². The minimum Gasteiger partial charge on any atom is -0.423 e. The van der Waals surface area contributed by atoms with Crippen molar-refractivity contribution in [1.82, 2.24) is 9.80 Å². The number of hydrogen-bond acceptors (Lipinski definition) is 4. The summed E-state index contributed by atoms with van der Waals surface area (Å²) in [4.78, 5) is 4.56. The van der Waals surface area contributed by atoms with Crippen molar-refractivity contribution in [2.45, 2.75) is 19.4 Å². The summed E-state index contributed by atoms with van der Waals surface area (Å²) in [7, 11) is 0.361. The topological polar surface area (TPSA) is 46.9 Å². The predicted molar refractivity (Wildman–Crippen MR) is 78.2 cm³/mol. The number of likely N-dealkylation sites (tertiary alicyclic amines) is 1. The maximum Gasteiger partial charge on any atom is 0.488 e. The Bertz CT molecular complexity index is 439. The molecule has 1 aromatic carbocycles. The molecule has 1 saturated heterocycles. The maximum absolute atomic E-state index is 13.2. The summed E-state index contributed by atoms with van der Waals surface area (Å²) < 4.78 is 13.2. The van der Waals surface area contributed by atoms with Crippen LogP contribution in [0.1, 0.15) is 18.4 Å². The summed E-state index contributed by atoms with van der Waals surface area (Å²) in [6.07, 6.45) is 2.56. The molecule has 2 N–H and O–H groups in total. The van der Waals surface area contributed by atoms with E-state index >= 15 is 0 Å². The molecule has 0 unspecified atom stereocenters. The summed E-state index contributed by atoms with van der Waals surface area (Å²) in [5, 5.41) is 18.6. The molecule has 1 aliphatic heterocycles. The van der Waals surface area contributed by atoms with Crippen LogP contribution in [0.15, 0.2) is 18.2 Å². The van der Waals surface area contributed by atoms with E-state index in [1.165, 1.54) is 38.1 Å². The lowest BCUT2D eigenvalue weighted by atomic mass is 9.77. The zero-order valence-electron chi connectivity index (χ0n) is 11.9. The van der Waals surface area contributed by atoms with Crippen molar-refractivity contribution >= 4 is 12.6 Å². The van der Waals surface area contributed by atoms with Crippen molar-refractivity contribution in [3.63, 3.8) is 0 Å². The number of rotatable bonds is 6. The third-order valence-corrected chi connectivity index (χ3v) is 3.82. The van der Waals surface area contributed by atoms with E-state index in [-0.39, 0.29) is 5.46 Å². The monoisotopic (exact) mass is 280 g/mol. The second-order valence-corrected chi connectivity index (χ2v) is 5.50. The molecule has 1 heterocycles. The minimum atomic E-state index is -1.63. The van der Waals surface area contributed by atoms with Gasteiger partial charge >= 0.3 is 7.12 Å². The lowest BCUT2D eigenvalue weighted by Gasteiger charge is -2.22. The largest absolute Gasteiger partial charge is 0.488 e. The van der Waals surface area contributed by atoms with Gasteiger partial charge in [0.15, 0.2) is 0 Å². The van der Waals surface area contributed by atoms with Gasteiger partial charge in [-0.25, -0.2) is 4.39 Å². The fourth-order valence-corrected chi connectivity index (χ4v) is 2.64. The predicted octanol–water partition coefficient (Wildman–Crippen LogP) is 0.0331. The molecule has 110 valence electrons. The molecule has 0 atom stereocenters. The van der Waals surface area contributed by atoms with E-state index in [9.17, 15) is 14.4 Å². The third kappa shape index (κ3) is 4.28. The number of likely N-dealkylation sites (N-methyl/N-ethyl adjacent to an activating group) is 1. The van der Waals surface area contributed by atoms with Gasteiger partial charge in [-0.1, -0.05) is 6.07 Å². The van der Waals surface area contributed by atoms with Crippen molar-refractivity contribution in [1.29, 1.82) is 0 Å². The van der Waals surface area contributed by atoms with Gasteiger partial charge in [0.05, 0.1) is 0 Å². The first-order valence-corrected chi connectivity index (χ1v) is 7.11. The summed E-state index contributed by atoms with van der Waals surface area (Å²) in [6, 6.07) is 4.17. The Morgan fingerprint density at radius 2 is 2.00 bits per heavy atom. The van der Waals surface area contributed by atoms with Gasteiger partial charge < -0.3 is 19.8 Å². The van der Waals surface area contributed by atoms with E-state index in [1.807, 2.05) is 7.05 Å². The molecule has 20 heavy (non-hydrogen) atoms. The smallest absolute Gasteiger partial charge is 0.423 e. The van der Waals surface area contributed by atoms with Gasteiger partial charge in [-0.05, 0) is 56.1 Å². The van der Waals surface area contributed by atoms with Crippen LogP contribution in [0.2, 0.25) is 0 Å². The second kappa shape index (κ2) is 7.17. The van der Waals surface area contributed by atoms with E-state index in [2.05, 4.69) is 9.80 Å². The number of nitrogens with zero attached hydrogens (tertiary/aromatic N) is 2. The second-order valence-electron chi connectivity index (χ2n) is 5.50. The zero-order chi connectivity index (χ0) is 14.5. The zero-order valence-corrected chi connectivity index (χ0v) is 11.9. The van der Waals surface area contributed by atoms with E-state index in [4.69, 9.17) is 0 Å². The third-order valence-electron chi connectivity index (χ3n) is 3.82. The van der Waals surface area contributed by atoms with Crippen molar-refractivity contribution in [3.8, 4) is 0 Å². The molecule has 4 nitrogen and oxygen atoms in total. The average molecular weight is 280 g/mol. The Kier molecular flexibility index (Phi) is 5.54. The highest BCUT2D eigenvalue weighted by Gasteiger charge is 2.18. The van der Waals surface area contributed by atoms with Crippen molar-refractivity contribution in [2.75, 3.05) is 33.2 Å². The Balaban J connectivity index is 1.91. The van der Waals surface area contributed by atoms with Crippen LogP contribution in [0.3, 0.4) is 0 Å². The van der Waals surface area contributed by atoms with E-state index in [0.717, 1.165) is 18.7 Å². The molecule has 1 aliphatic rings. The standard InChI is InChI=1S/C14H22BFN2O2/c1-17(8-9-18-6-2-3-7-18)11-12-4-5-13(16)10-14(12)15(19)20/h4-5,10,19-20H,2-3,6-9,11H2,1H3. The molecule has 0 radical (unpaired) electrons. The Hall–Kier alpha value is -0.945. The first kappa shape index (κ1) is 15.4. The number of halogens is 1. The minimum absolute atomic E-state index is 0.248. The van der Waals surface area contributed by atoms with Crippen LogP contribution in [-0.2, 0) is 6.54 Å². The van der Waals surface area contributed by atoms with Gasteiger partial charge in [0.25, 0.3) is 0 Å². The molecule has 2 rings (SSSR count). The van der Waals surface area contributed by atoms with Crippen LogP contribution in [0.4, 0.5) is 4.39 Å². The van der Waals surface area contributed by atoms with Crippen LogP contribution < -0.4 is 5.46 Å². The highest BCUT2D eigenvalue weighted by atomic mass is 19.1. The van der Waals surface area contributed by atoms with Crippen LogP contribution in [-0.4, -0.2) is 60.2 Å². The number of hydrogen-bond donors (Lipinski definition) is 2. The van der Waals surface area contributed by atoms with Crippen molar-refractivity contribution in [3.05, 3.63) is 29.6 Å². The molecule has 6 heteroatoms. The normalized spacial score (nSPS) is 16.1. The summed E-state index contributed by atoms with van der Waals surface area (Å²) >= 11 is 0. The highest BCUT2D eigenvalue weighted by molar-refractivity contribution is 6.59. The van der Waals surface area contributed by atoms with Gasteiger partial charge in [-0.15, -0.1) is 0 Å². The number of benzene rings is 1. The van der Waals surface area contributed by atoms with Crippen LogP contribution in [0.25, 0.3) is 0 Å². The van der Waals surface area contributed by atoms with Gasteiger partial charge in [-0.2, -0.15) is 0 Å². The van der Waals surface area contributed by atoms with E-state index < -0.39 is 12.9 Å². The molecule has 1 aromatic rings. The Labute approximate surface area is 120 Å². The van der Waals surface area contributed by atoms with Crippen LogP contribution >= 0.6 is 0 Å². The van der Waals surface area contributed by atoms with Crippen LogP contribution in [0.5, 0.6) is 0 Å². The maximum atomic E-state index is 13.2. The molecular weight excluding hydrogens is 258 g/mol. The molecule has 1 fully saturated rings. The van der Waals surface area contributed by atoms with Crippen molar-refractivity contribution in [2.24, 2.45) is 0 Å². The molecule has 0 spiro atoms. The van der Waals surface area contributed by atoms with E-state index in [0.29, 0.717) is 6.54 Å². The fourth-order valence-electron chi connectivity index (χ4n) is 2.64. The Morgan fingerprint density at radius 1 is 1.30 bits per heavy atom. The first-order valence-electron chi connectivity index (χ1n) is 7.11. The quantitative estimate of drug-likeness (QED) is 0.722. The molecule has 0 saturated carbocycles. The Morgan fingerprint density at radius 3 is 2.65 bits per heavy atom. The first-order chi connectivity index (χ1) is 9.56. The average Bonchev–Trinajstić information content (AvgIpc) is 2.91. The SMILES string of the molecule is CN(CCN1CCCC1)Cc1ccc(F)cc1B(O)O. The van der Waals surface area contributed by atoms with Gasteiger partial charge in [0, 0.05) is 19.6 Å². The summed E-state index contributed by atoms with van der Waals surface area (Å²) in [5.41, 5.74) is 1.00. The van der Waals surface area contributed by atoms with Gasteiger partial charge in [0.2, 0.25) is 0 Å². The highest BCUT2D eigenvalue weighted by Crippen LogP contribution is 2.08. The lowest BCUT2D eigenvalue weighted by Crippen LogP contribution is -2.37. The molecule has 0 aromatic heterocycles. The lowest BCUT2D eigenvalue weighted by molar-refractivity contribution is 0.252. The molecule has 0 bridgehead atoms. The molecule has 0 amide bonds. The van der Waals surface area contributed by atoms with Gasteiger partial charge in [0.1, 0.15) is 5.82 Å². The fraction of sp³-hybridized carbons (Fsp3) is 0.571. The molecule has 0 aliphatic carbocycles.